The van der Waals surface area contributed by atoms with Crippen molar-refractivity contribution in [2.45, 2.75) is 39.2 Å². The molecule has 1 N–H and O–H groups in total. The van der Waals surface area contributed by atoms with Crippen LogP contribution in [0.15, 0.2) is 18.3 Å². The molecule has 1 fully saturated rings. The van der Waals surface area contributed by atoms with Crippen molar-refractivity contribution in [1.82, 2.24) is 4.98 Å². The number of hydrogen-bond donors (Lipinski definition) is 1. The van der Waals surface area contributed by atoms with Crippen LogP contribution < -0.4 is 10.2 Å². The molecule has 0 bridgehead atoms. The molecule has 0 radical (unpaired) electrons. The van der Waals surface area contributed by atoms with E-state index in [0.717, 1.165) is 18.8 Å². The maximum atomic E-state index is 4.34. The lowest BCUT2D eigenvalue weighted by molar-refractivity contribution is 0.735. The van der Waals surface area contributed by atoms with E-state index in [0.29, 0.717) is 6.04 Å². The van der Waals surface area contributed by atoms with Gasteiger partial charge in [0.05, 0.1) is 0 Å². The Morgan fingerprint density at radius 1 is 1.56 bits per heavy atom. The van der Waals surface area contributed by atoms with E-state index in [1.165, 1.54) is 25.1 Å². The van der Waals surface area contributed by atoms with Gasteiger partial charge in [-0.25, -0.2) is 4.98 Å². The highest BCUT2D eigenvalue weighted by atomic mass is 15.2. The van der Waals surface area contributed by atoms with Gasteiger partial charge in [-0.1, -0.05) is 6.92 Å². The first kappa shape index (κ1) is 11.2. The first-order valence-corrected chi connectivity index (χ1v) is 6.28. The molecule has 3 heteroatoms. The van der Waals surface area contributed by atoms with E-state index in [1.807, 2.05) is 6.20 Å². The fraction of sp³-hybridized carbons (Fsp3) is 0.615. The third kappa shape index (κ3) is 2.46. The number of nitrogens with zero attached hydrogens (tertiary/aromatic N) is 2. The van der Waals surface area contributed by atoms with Gasteiger partial charge < -0.3 is 10.2 Å². The van der Waals surface area contributed by atoms with Crippen molar-refractivity contribution in [1.29, 1.82) is 0 Å². The van der Waals surface area contributed by atoms with Crippen molar-refractivity contribution in [3.63, 3.8) is 0 Å². The largest absolute Gasteiger partial charge is 0.370 e. The lowest BCUT2D eigenvalue weighted by Gasteiger charge is -2.24. The smallest absolute Gasteiger partial charge is 0.127 e. The molecular weight excluding hydrogens is 198 g/mol. The van der Waals surface area contributed by atoms with Crippen LogP contribution in [0.3, 0.4) is 0 Å². The summed E-state index contributed by atoms with van der Waals surface area (Å²) in [5.41, 5.74) is 1.30. The van der Waals surface area contributed by atoms with Crippen molar-refractivity contribution in [2.24, 2.45) is 0 Å². The van der Waals surface area contributed by atoms with Crippen LogP contribution in [0, 0.1) is 0 Å². The molecule has 2 heterocycles. The molecule has 0 saturated carbocycles. The summed E-state index contributed by atoms with van der Waals surface area (Å²) in [6, 6.07) is 4.94. The summed E-state index contributed by atoms with van der Waals surface area (Å²) in [5, 5.41) is 3.34. The van der Waals surface area contributed by atoms with Gasteiger partial charge in [-0.05, 0) is 32.3 Å². The van der Waals surface area contributed by atoms with E-state index in [9.17, 15) is 0 Å². The quantitative estimate of drug-likeness (QED) is 0.844. The van der Waals surface area contributed by atoms with Gasteiger partial charge >= 0.3 is 0 Å². The molecule has 1 aromatic rings. The van der Waals surface area contributed by atoms with Gasteiger partial charge in [-0.3, -0.25) is 0 Å². The highest BCUT2D eigenvalue weighted by molar-refractivity contribution is 5.55. The average molecular weight is 219 g/mol. The zero-order chi connectivity index (χ0) is 11.4. The van der Waals surface area contributed by atoms with Crippen molar-refractivity contribution in [2.75, 3.05) is 23.3 Å². The third-order valence-corrected chi connectivity index (χ3v) is 3.18. The van der Waals surface area contributed by atoms with Gasteiger partial charge in [0, 0.05) is 37.1 Å². The fourth-order valence-electron chi connectivity index (χ4n) is 2.26. The molecule has 1 aliphatic rings. The maximum absolute atomic E-state index is 4.34. The van der Waals surface area contributed by atoms with Crippen molar-refractivity contribution < 1.29 is 0 Å². The zero-order valence-corrected chi connectivity index (χ0v) is 10.2. The van der Waals surface area contributed by atoms with Crippen LogP contribution in [0.5, 0.6) is 0 Å². The van der Waals surface area contributed by atoms with Crippen LogP contribution in [-0.2, 0) is 0 Å². The Morgan fingerprint density at radius 2 is 2.44 bits per heavy atom. The van der Waals surface area contributed by atoms with E-state index in [2.05, 4.69) is 41.2 Å². The van der Waals surface area contributed by atoms with Crippen LogP contribution in [0.2, 0.25) is 0 Å². The number of hydrogen-bond acceptors (Lipinski definition) is 3. The Balaban J connectivity index is 2.09. The highest BCUT2D eigenvalue weighted by Gasteiger charge is 2.20. The molecule has 1 saturated heterocycles. The molecule has 0 aliphatic carbocycles. The van der Waals surface area contributed by atoms with Crippen LogP contribution in [0.25, 0.3) is 0 Å². The second kappa shape index (κ2) is 5.19. The molecule has 1 aliphatic heterocycles. The Morgan fingerprint density at radius 3 is 3.12 bits per heavy atom. The van der Waals surface area contributed by atoms with Crippen LogP contribution >= 0.6 is 0 Å². The van der Waals surface area contributed by atoms with Gasteiger partial charge in [0.25, 0.3) is 0 Å². The average Bonchev–Trinajstić information content (AvgIpc) is 2.73. The molecule has 0 amide bonds. The molecular formula is C13H21N3. The summed E-state index contributed by atoms with van der Waals surface area (Å²) in [7, 11) is 0. The second-order valence-electron chi connectivity index (χ2n) is 4.51. The van der Waals surface area contributed by atoms with Crippen molar-refractivity contribution >= 4 is 11.5 Å². The number of anilines is 2. The summed E-state index contributed by atoms with van der Waals surface area (Å²) in [5.74, 6) is 0.999. The van der Waals surface area contributed by atoms with Crippen molar-refractivity contribution in [3.05, 3.63) is 18.3 Å². The molecule has 0 aromatic carbocycles. The Bertz CT molecular complexity index is 338. The minimum atomic E-state index is 0.668. The molecule has 0 spiro atoms. The third-order valence-electron chi connectivity index (χ3n) is 3.18. The second-order valence-corrected chi connectivity index (χ2v) is 4.51. The molecule has 88 valence electrons. The van der Waals surface area contributed by atoms with E-state index < -0.39 is 0 Å². The number of aromatic nitrogens is 1. The molecule has 1 unspecified atom stereocenters. The monoisotopic (exact) mass is 219 g/mol. The van der Waals surface area contributed by atoms with Gasteiger partial charge in [0.1, 0.15) is 5.82 Å². The SMILES string of the molecule is CCCNc1cc(N2CCCC2C)ccn1. The molecule has 1 aromatic heterocycles. The predicted molar refractivity (Wildman–Crippen MR) is 69.1 cm³/mol. The molecule has 1 atom stereocenters. The first-order chi connectivity index (χ1) is 7.81. The first-order valence-electron chi connectivity index (χ1n) is 6.28. The summed E-state index contributed by atoms with van der Waals surface area (Å²) < 4.78 is 0. The van der Waals surface area contributed by atoms with E-state index >= 15 is 0 Å². The maximum Gasteiger partial charge on any atom is 0.127 e. The van der Waals surface area contributed by atoms with Crippen LogP contribution in [0.4, 0.5) is 11.5 Å². The van der Waals surface area contributed by atoms with Crippen LogP contribution in [-0.4, -0.2) is 24.1 Å². The lowest BCUT2D eigenvalue weighted by Crippen LogP contribution is -2.26. The zero-order valence-electron chi connectivity index (χ0n) is 10.2. The lowest BCUT2D eigenvalue weighted by atomic mass is 10.2. The highest BCUT2D eigenvalue weighted by Crippen LogP contribution is 2.26. The summed E-state index contributed by atoms with van der Waals surface area (Å²) in [4.78, 5) is 6.81. The van der Waals surface area contributed by atoms with Gasteiger partial charge in [-0.15, -0.1) is 0 Å². The molecule has 2 rings (SSSR count). The Hall–Kier alpha value is -1.25. The standard InChI is InChI=1S/C13H21N3/c1-3-7-14-13-10-12(6-8-15-13)16-9-4-5-11(16)2/h6,8,10-11H,3-5,7,9H2,1-2H3,(H,14,15). The summed E-state index contributed by atoms with van der Waals surface area (Å²) in [6.45, 7) is 6.64. The van der Waals surface area contributed by atoms with Gasteiger partial charge in [0.15, 0.2) is 0 Å². The normalized spacial score (nSPS) is 20.1. The van der Waals surface area contributed by atoms with Crippen LogP contribution in [0.1, 0.15) is 33.1 Å². The van der Waals surface area contributed by atoms with E-state index in [-0.39, 0.29) is 0 Å². The predicted octanol–water partition coefficient (Wildman–Crippen LogP) is 2.89. The number of rotatable bonds is 4. The Kier molecular flexibility index (Phi) is 3.65. The summed E-state index contributed by atoms with van der Waals surface area (Å²) >= 11 is 0. The van der Waals surface area contributed by atoms with Crippen molar-refractivity contribution in [3.8, 4) is 0 Å². The minimum Gasteiger partial charge on any atom is -0.370 e. The fourth-order valence-corrected chi connectivity index (χ4v) is 2.26. The van der Waals surface area contributed by atoms with E-state index in [4.69, 9.17) is 0 Å². The number of nitrogens with one attached hydrogen (secondary N) is 1. The number of pyridine rings is 1. The topological polar surface area (TPSA) is 28.2 Å². The van der Waals surface area contributed by atoms with Gasteiger partial charge in [-0.2, -0.15) is 0 Å². The Labute approximate surface area is 97.9 Å². The van der Waals surface area contributed by atoms with E-state index in [1.54, 1.807) is 0 Å². The van der Waals surface area contributed by atoms with Gasteiger partial charge in [0.2, 0.25) is 0 Å². The molecule has 16 heavy (non-hydrogen) atoms. The summed E-state index contributed by atoms with van der Waals surface area (Å²) in [6.07, 6.45) is 5.64. The molecule has 3 nitrogen and oxygen atoms in total. The minimum absolute atomic E-state index is 0.668.